The van der Waals surface area contributed by atoms with Gasteiger partial charge in [-0.2, -0.15) is 5.26 Å². The summed E-state index contributed by atoms with van der Waals surface area (Å²) in [6.45, 7) is 3.95. The molecular weight excluding hydrogens is 218 g/mol. The Morgan fingerprint density at radius 1 is 1.59 bits per heavy atom. The molecule has 0 aromatic carbocycles. The van der Waals surface area contributed by atoms with Crippen molar-refractivity contribution in [1.29, 1.82) is 5.26 Å². The number of aliphatic carboxylic acids is 1. The Hall–Kier alpha value is -1.12. The maximum absolute atomic E-state index is 10.4. The second-order valence-corrected chi connectivity index (χ2v) is 4.60. The Bertz CT molecular complexity index is 275. The second kappa shape index (κ2) is 8.04. The van der Waals surface area contributed by atoms with E-state index in [2.05, 4.69) is 16.3 Å². The number of piperidine rings is 1. The highest BCUT2D eigenvalue weighted by molar-refractivity contribution is 5.68. The van der Waals surface area contributed by atoms with Crippen LogP contribution in [0.15, 0.2) is 0 Å². The molecular formula is C12H21N3O2. The van der Waals surface area contributed by atoms with Crippen molar-refractivity contribution in [2.45, 2.75) is 25.7 Å². The van der Waals surface area contributed by atoms with E-state index >= 15 is 0 Å². The van der Waals surface area contributed by atoms with Gasteiger partial charge in [0, 0.05) is 13.0 Å². The van der Waals surface area contributed by atoms with Crippen LogP contribution < -0.4 is 5.32 Å². The number of carbonyl (C=O) groups is 1. The third kappa shape index (κ3) is 6.25. The number of nitrogens with one attached hydrogen (secondary N) is 1. The molecule has 1 unspecified atom stereocenters. The Morgan fingerprint density at radius 3 is 3.12 bits per heavy atom. The zero-order chi connectivity index (χ0) is 12.5. The van der Waals surface area contributed by atoms with E-state index in [0.29, 0.717) is 12.3 Å². The van der Waals surface area contributed by atoms with Crippen molar-refractivity contribution in [3.05, 3.63) is 0 Å². The minimum atomic E-state index is -0.799. The first kappa shape index (κ1) is 13.9. The van der Waals surface area contributed by atoms with Crippen LogP contribution >= 0.6 is 0 Å². The number of likely N-dealkylation sites (tertiary alicyclic amines) is 1. The zero-order valence-corrected chi connectivity index (χ0v) is 10.2. The van der Waals surface area contributed by atoms with E-state index in [1.165, 1.54) is 12.8 Å². The summed E-state index contributed by atoms with van der Waals surface area (Å²) >= 11 is 0. The van der Waals surface area contributed by atoms with E-state index in [1.54, 1.807) is 0 Å². The van der Waals surface area contributed by atoms with Gasteiger partial charge in [0.1, 0.15) is 0 Å². The minimum absolute atomic E-state index is 0.0466. The first-order valence-electron chi connectivity index (χ1n) is 6.24. The molecule has 1 aliphatic heterocycles. The molecule has 96 valence electrons. The molecule has 0 aliphatic carbocycles. The van der Waals surface area contributed by atoms with Crippen molar-refractivity contribution in [3.63, 3.8) is 0 Å². The lowest BCUT2D eigenvalue weighted by atomic mass is 9.98. The van der Waals surface area contributed by atoms with Crippen molar-refractivity contribution in [1.82, 2.24) is 10.2 Å². The summed E-state index contributed by atoms with van der Waals surface area (Å²) in [5.41, 5.74) is 0. The Kier molecular flexibility index (Phi) is 6.60. The third-order valence-corrected chi connectivity index (χ3v) is 3.08. The van der Waals surface area contributed by atoms with Gasteiger partial charge in [0.05, 0.1) is 12.6 Å². The van der Waals surface area contributed by atoms with Crippen molar-refractivity contribution in [2.75, 3.05) is 32.7 Å². The Morgan fingerprint density at radius 2 is 2.41 bits per heavy atom. The Balaban J connectivity index is 2.15. The standard InChI is InChI=1S/C12H21N3O2/c13-5-1-2-6-15-7-3-4-11(10-15)8-14-9-12(16)17/h11,14H,1-4,6-10H2,(H,16,17). The van der Waals surface area contributed by atoms with E-state index < -0.39 is 5.97 Å². The molecule has 0 radical (unpaired) electrons. The quantitative estimate of drug-likeness (QED) is 0.639. The van der Waals surface area contributed by atoms with Gasteiger partial charge >= 0.3 is 5.97 Å². The summed E-state index contributed by atoms with van der Waals surface area (Å²) in [5, 5.41) is 20.0. The highest BCUT2D eigenvalue weighted by Crippen LogP contribution is 2.15. The molecule has 1 rings (SSSR count). The van der Waals surface area contributed by atoms with E-state index in [4.69, 9.17) is 10.4 Å². The molecule has 2 N–H and O–H groups in total. The lowest BCUT2D eigenvalue weighted by Gasteiger charge is -2.32. The fraction of sp³-hybridized carbons (Fsp3) is 0.833. The summed E-state index contributed by atoms with van der Waals surface area (Å²) < 4.78 is 0. The molecule has 1 heterocycles. The molecule has 0 spiro atoms. The van der Waals surface area contributed by atoms with Gasteiger partial charge in [-0.05, 0) is 44.8 Å². The number of hydrogen-bond donors (Lipinski definition) is 2. The van der Waals surface area contributed by atoms with Crippen LogP contribution in [0.2, 0.25) is 0 Å². The van der Waals surface area contributed by atoms with Crippen LogP contribution in [0.3, 0.4) is 0 Å². The van der Waals surface area contributed by atoms with Gasteiger partial charge in [-0.25, -0.2) is 0 Å². The van der Waals surface area contributed by atoms with Gasteiger partial charge in [-0.1, -0.05) is 0 Å². The van der Waals surface area contributed by atoms with E-state index in [0.717, 1.165) is 32.6 Å². The maximum atomic E-state index is 10.4. The normalized spacial score (nSPS) is 21.0. The lowest BCUT2D eigenvalue weighted by Crippen LogP contribution is -2.40. The van der Waals surface area contributed by atoms with Crippen LogP contribution in [0.1, 0.15) is 25.7 Å². The average molecular weight is 239 g/mol. The summed E-state index contributed by atoms with van der Waals surface area (Å²) in [7, 11) is 0. The monoisotopic (exact) mass is 239 g/mol. The largest absolute Gasteiger partial charge is 0.480 e. The van der Waals surface area contributed by atoms with Crippen molar-refractivity contribution >= 4 is 5.97 Å². The lowest BCUT2D eigenvalue weighted by molar-refractivity contribution is -0.136. The summed E-state index contributed by atoms with van der Waals surface area (Å²) in [6.07, 6.45) is 3.90. The molecule has 1 aliphatic rings. The number of nitriles is 1. The van der Waals surface area contributed by atoms with Gasteiger partial charge in [-0.15, -0.1) is 0 Å². The van der Waals surface area contributed by atoms with E-state index in [-0.39, 0.29) is 6.54 Å². The van der Waals surface area contributed by atoms with Gasteiger partial charge in [-0.3, -0.25) is 4.79 Å². The molecule has 0 saturated carbocycles. The van der Waals surface area contributed by atoms with Crippen molar-refractivity contribution < 1.29 is 9.90 Å². The number of rotatable bonds is 7. The maximum Gasteiger partial charge on any atom is 0.317 e. The van der Waals surface area contributed by atoms with Crippen LogP contribution in [-0.2, 0) is 4.79 Å². The number of nitrogens with zero attached hydrogens (tertiary/aromatic N) is 2. The van der Waals surface area contributed by atoms with Crippen molar-refractivity contribution in [2.24, 2.45) is 5.92 Å². The summed E-state index contributed by atoms with van der Waals surface area (Å²) in [4.78, 5) is 12.8. The van der Waals surface area contributed by atoms with Crippen molar-refractivity contribution in [3.8, 4) is 6.07 Å². The topological polar surface area (TPSA) is 76.4 Å². The molecule has 0 amide bonds. The highest BCUT2D eigenvalue weighted by Gasteiger charge is 2.19. The molecule has 0 aromatic rings. The zero-order valence-electron chi connectivity index (χ0n) is 10.2. The highest BCUT2D eigenvalue weighted by atomic mass is 16.4. The van der Waals surface area contributed by atoms with Gasteiger partial charge in [0.25, 0.3) is 0 Å². The van der Waals surface area contributed by atoms with Crippen LogP contribution in [0.5, 0.6) is 0 Å². The molecule has 1 saturated heterocycles. The van der Waals surface area contributed by atoms with Gasteiger partial charge < -0.3 is 15.3 Å². The smallest absolute Gasteiger partial charge is 0.317 e. The fourth-order valence-corrected chi connectivity index (χ4v) is 2.29. The fourth-order valence-electron chi connectivity index (χ4n) is 2.29. The molecule has 1 atom stereocenters. The second-order valence-electron chi connectivity index (χ2n) is 4.60. The molecule has 5 heteroatoms. The summed E-state index contributed by atoms with van der Waals surface area (Å²) in [5.74, 6) is -0.253. The van der Waals surface area contributed by atoms with E-state index in [9.17, 15) is 4.79 Å². The first-order chi connectivity index (χ1) is 8.22. The number of unbranched alkanes of at least 4 members (excludes halogenated alkanes) is 1. The molecule has 5 nitrogen and oxygen atoms in total. The van der Waals surface area contributed by atoms with Crippen LogP contribution in [-0.4, -0.2) is 48.7 Å². The van der Waals surface area contributed by atoms with Gasteiger partial charge in [0.15, 0.2) is 0 Å². The minimum Gasteiger partial charge on any atom is -0.480 e. The third-order valence-electron chi connectivity index (χ3n) is 3.08. The predicted octanol–water partition coefficient (Wildman–Crippen LogP) is 0.676. The van der Waals surface area contributed by atoms with Crippen LogP contribution in [0, 0.1) is 17.2 Å². The molecule has 17 heavy (non-hydrogen) atoms. The van der Waals surface area contributed by atoms with Crippen LogP contribution in [0.25, 0.3) is 0 Å². The number of hydrogen-bond acceptors (Lipinski definition) is 4. The predicted molar refractivity (Wildman–Crippen MR) is 64.5 cm³/mol. The molecule has 0 bridgehead atoms. The Labute approximate surface area is 102 Å². The average Bonchev–Trinajstić information content (AvgIpc) is 2.29. The molecule has 1 fully saturated rings. The number of carboxylic acid groups (broad SMARTS) is 1. The van der Waals surface area contributed by atoms with Crippen LogP contribution in [0.4, 0.5) is 0 Å². The van der Waals surface area contributed by atoms with Gasteiger partial charge in [0.2, 0.25) is 0 Å². The summed E-state index contributed by atoms with van der Waals surface area (Å²) in [6, 6.07) is 2.16. The number of carboxylic acids is 1. The first-order valence-corrected chi connectivity index (χ1v) is 6.24. The molecule has 0 aromatic heterocycles. The SMILES string of the molecule is N#CCCCN1CCCC(CNCC(=O)O)C1. The van der Waals surface area contributed by atoms with E-state index in [1.807, 2.05) is 0 Å².